The van der Waals surface area contributed by atoms with Gasteiger partial charge in [-0.05, 0) is 6.07 Å². The van der Waals surface area contributed by atoms with Gasteiger partial charge < -0.3 is 19.7 Å². The molecule has 2 aromatic rings. The van der Waals surface area contributed by atoms with E-state index in [1.54, 1.807) is 24.3 Å². The molecule has 0 atom stereocenters. The number of rotatable bonds is 6. The first-order chi connectivity index (χ1) is 13.0. The van der Waals surface area contributed by atoms with Crippen molar-refractivity contribution in [1.29, 1.82) is 0 Å². The fraction of sp³-hybridized carbons (Fsp3) is 0.200. The molecule has 140 valence electrons. The highest BCUT2D eigenvalue weighted by Gasteiger charge is 2.30. The maximum absolute atomic E-state index is 12.5. The first kappa shape index (κ1) is 18.8. The molecule has 3 rings (SSSR count). The van der Waals surface area contributed by atoms with Gasteiger partial charge in [0.05, 0.1) is 24.9 Å². The first-order valence-electron chi connectivity index (χ1n) is 8.27. The topological polar surface area (TPSA) is 67.9 Å². The Kier molecular flexibility index (Phi) is 5.37. The largest absolute Gasteiger partial charge is 0.493 e. The molecule has 0 saturated carbocycles. The van der Waals surface area contributed by atoms with Crippen LogP contribution in [-0.2, 0) is 4.79 Å². The Morgan fingerprint density at radius 1 is 1.15 bits per heavy atom. The Morgan fingerprint density at radius 3 is 2.41 bits per heavy atom. The average molecular weight is 387 g/mol. The Morgan fingerprint density at radius 2 is 1.78 bits per heavy atom. The maximum Gasteiger partial charge on any atom is 0.258 e. The zero-order valence-corrected chi connectivity index (χ0v) is 15.8. The van der Waals surface area contributed by atoms with Crippen molar-refractivity contribution in [1.82, 2.24) is 4.90 Å². The monoisotopic (exact) mass is 386 g/mol. The molecule has 6 nitrogen and oxygen atoms in total. The number of carbonyl (C=O) groups is 2. The quantitative estimate of drug-likeness (QED) is 0.819. The molecule has 0 radical (unpaired) electrons. The number of halogens is 1. The number of anilines is 1. The number of methoxy groups -OCH3 is 2. The molecule has 1 heterocycles. The second-order valence-corrected chi connectivity index (χ2v) is 6.34. The van der Waals surface area contributed by atoms with Crippen LogP contribution in [0.15, 0.2) is 43.0 Å². The van der Waals surface area contributed by atoms with Crippen LogP contribution < -0.4 is 14.8 Å². The molecule has 1 aliphatic rings. The Bertz CT molecular complexity index is 891. The molecule has 2 amide bonds. The van der Waals surface area contributed by atoms with Crippen molar-refractivity contribution in [2.24, 2.45) is 0 Å². The molecule has 7 heteroatoms. The van der Waals surface area contributed by atoms with E-state index in [0.29, 0.717) is 33.5 Å². The van der Waals surface area contributed by atoms with Gasteiger partial charge in [0, 0.05) is 41.9 Å². The van der Waals surface area contributed by atoms with Gasteiger partial charge in [-0.2, -0.15) is 0 Å². The minimum atomic E-state index is -0.277. The molecule has 0 aliphatic carbocycles. The molecule has 0 spiro atoms. The van der Waals surface area contributed by atoms with Crippen LogP contribution in [0.25, 0.3) is 5.70 Å². The van der Waals surface area contributed by atoms with E-state index < -0.39 is 0 Å². The number of ether oxygens (including phenoxy) is 2. The number of benzene rings is 2. The number of hydrogen-bond donors (Lipinski definition) is 1. The lowest BCUT2D eigenvalue weighted by Gasteiger charge is -2.17. The molecular weight excluding hydrogens is 368 g/mol. The van der Waals surface area contributed by atoms with Crippen molar-refractivity contribution in [2.75, 3.05) is 26.1 Å². The second kappa shape index (κ2) is 7.72. The zero-order valence-electron chi connectivity index (χ0n) is 15.0. The highest BCUT2D eigenvalue weighted by molar-refractivity contribution is 6.34. The zero-order chi connectivity index (χ0) is 19.6. The van der Waals surface area contributed by atoms with Crippen LogP contribution in [0.2, 0.25) is 5.02 Å². The van der Waals surface area contributed by atoms with Crippen LogP contribution in [0.5, 0.6) is 11.5 Å². The van der Waals surface area contributed by atoms with Crippen molar-refractivity contribution in [2.45, 2.75) is 6.42 Å². The van der Waals surface area contributed by atoms with Crippen LogP contribution in [0, 0.1) is 0 Å². The van der Waals surface area contributed by atoms with Gasteiger partial charge in [0.25, 0.3) is 5.91 Å². The third kappa shape index (κ3) is 3.61. The van der Waals surface area contributed by atoms with E-state index >= 15 is 0 Å². The summed E-state index contributed by atoms with van der Waals surface area (Å²) in [6.45, 7) is 4.19. The minimum Gasteiger partial charge on any atom is -0.493 e. The highest BCUT2D eigenvalue weighted by Crippen LogP contribution is 2.36. The van der Waals surface area contributed by atoms with E-state index in [9.17, 15) is 9.59 Å². The normalized spacial score (nSPS) is 12.8. The van der Waals surface area contributed by atoms with Gasteiger partial charge in [0.15, 0.2) is 11.5 Å². The number of amides is 2. The fourth-order valence-electron chi connectivity index (χ4n) is 2.95. The summed E-state index contributed by atoms with van der Waals surface area (Å²) >= 11 is 6.19. The maximum atomic E-state index is 12.5. The Labute approximate surface area is 162 Å². The summed E-state index contributed by atoms with van der Waals surface area (Å²) in [5.41, 5.74) is 2.42. The minimum absolute atomic E-state index is 0.101. The Hall–Kier alpha value is -2.99. The summed E-state index contributed by atoms with van der Waals surface area (Å²) in [4.78, 5) is 26.3. The van der Waals surface area contributed by atoms with Crippen molar-refractivity contribution in [3.05, 3.63) is 59.1 Å². The predicted octanol–water partition coefficient (Wildman–Crippen LogP) is 3.81. The third-order valence-electron chi connectivity index (χ3n) is 4.35. The fourth-order valence-corrected chi connectivity index (χ4v) is 3.15. The molecule has 0 aromatic heterocycles. The molecule has 0 bridgehead atoms. The van der Waals surface area contributed by atoms with Crippen LogP contribution >= 0.6 is 11.6 Å². The van der Waals surface area contributed by atoms with E-state index in [-0.39, 0.29) is 24.8 Å². The van der Waals surface area contributed by atoms with Crippen molar-refractivity contribution in [3.63, 3.8) is 0 Å². The summed E-state index contributed by atoms with van der Waals surface area (Å²) in [5.74, 6) is 0.501. The summed E-state index contributed by atoms with van der Waals surface area (Å²) in [6, 6.07) is 10.4. The van der Waals surface area contributed by atoms with E-state index in [4.69, 9.17) is 21.1 Å². The smallest absolute Gasteiger partial charge is 0.258 e. The van der Waals surface area contributed by atoms with Crippen molar-refractivity contribution in [3.8, 4) is 11.5 Å². The molecular formula is C20H19ClN2O4. The van der Waals surface area contributed by atoms with E-state index in [2.05, 4.69) is 11.9 Å². The lowest BCUT2D eigenvalue weighted by molar-refractivity contribution is -0.116. The highest BCUT2D eigenvalue weighted by atomic mass is 35.5. The Balaban J connectivity index is 1.66. The standard InChI is InChI=1S/C20H19ClN2O4/c1-12-13-6-4-5-7-14(13)20(25)23(12)9-8-19(24)22-16-11-18(27-3)17(26-2)10-15(16)21/h4-7,10-11H,1,8-9H2,2-3H3,(H,22,24). The van der Waals surface area contributed by atoms with Gasteiger partial charge in [-0.1, -0.05) is 36.4 Å². The number of nitrogens with zero attached hydrogens (tertiary/aromatic N) is 1. The summed E-state index contributed by atoms with van der Waals surface area (Å²) in [7, 11) is 3.00. The summed E-state index contributed by atoms with van der Waals surface area (Å²) in [6.07, 6.45) is 0.101. The summed E-state index contributed by atoms with van der Waals surface area (Å²) < 4.78 is 10.4. The number of hydrogen-bond acceptors (Lipinski definition) is 4. The van der Waals surface area contributed by atoms with Gasteiger partial charge in [0.1, 0.15) is 0 Å². The van der Waals surface area contributed by atoms with E-state index in [0.717, 1.165) is 5.56 Å². The van der Waals surface area contributed by atoms with Gasteiger partial charge in [0.2, 0.25) is 5.91 Å². The van der Waals surface area contributed by atoms with Crippen LogP contribution in [0.3, 0.4) is 0 Å². The van der Waals surface area contributed by atoms with Crippen molar-refractivity contribution < 1.29 is 19.1 Å². The van der Waals surface area contributed by atoms with E-state index in [1.165, 1.54) is 19.1 Å². The predicted molar refractivity (Wildman–Crippen MR) is 104 cm³/mol. The second-order valence-electron chi connectivity index (χ2n) is 5.93. The molecule has 0 fully saturated rings. The van der Waals surface area contributed by atoms with Gasteiger partial charge in [-0.15, -0.1) is 0 Å². The van der Waals surface area contributed by atoms with Gasteiger partial charge in [-0.25, -0.2) is 0 Å². The molecule has 0 saturated heterocycles. The SMILES string of the molecule is C=C1c2ccccc2C(=O)N1CCC(=O)Nc1cc(OC)c(OC)cc1Cl. The van der Waals surface area contributed by atoms with Gasteiger partial charge >= 0.3 is 0 Å². The van der Waals surface area contributed by atoms with Crippen LogP contribution in [0.4, 0.5) is 5.69 Å². The van der Waals surface area contributed by atoms with Crippen LogP contribution in [0.1, 0.15) is 22.3 Å². The molecule has 1 aliphatic heterocycles. The van der Waals surface area contributed by atoms with Gasteiger partial charge in [-0.3, -0.25) is 9.59 Å². The molecule has 2 aromatic carbocycles. The van der Waals surface area contributed by atoms with Crippen LogP contribution in [-0.4, -0.2) is 37.5 Å². The molecule has 0 unspecified atom stereocenters. The lowest BCUT2D eigenvalue weighted by Crippen LogP contribution is -2.27. The lowest BCUT2D eigenvalue weighted by atomic mass is 10.1. The molecule has 27 heavy (non-hydrogen) atoms. The first-order valence-corrected chi connectivity index (χ1v) is 8.65. The summed E-state index contributed by atoms with van der Waals surface area (Å²) in [5, 5.41) is 3.07. The third-order valence-corrected chi connectivity index (χ3v) is 4.66. The number of nitrogens with one attached hydrogen (secondary N) is 1. The number of carbonyl (C=O) groups excluding carboxylic acids is 2. The van der Waals surface area contributed by atoms with Crippen molar-refractivity contribution >= 4 is 34.8 Å². The molecule has 1 N–H and O–H groups in total. The van der Waals surface area contributed by atoms with E-state index in [1.807, 2.05) is 12.1 Å². The number of fused-ring (bicyclic) bond motifs is 1. The average Bonchev–Trinajstić information content (AvgIpc) is 2.92.